The van der Waals surface area contributed by atoms with Gasteiger partial charge in [0.15, 0.2) is 21.3 Å². The number of nitrogens with zero attached hydrogens (tertiary/aromatic N) is 1. The van der Waals surface area contributed by atoms with Crippen LogP contribution in [0.1, 0.15) is 43.5 Å². The third-order valence-electron chi connectivity index (χ3n) is 4.30. The molecule has 1 unspecified atom stereocenters. The van der Waals surface area contributed by atoms with Crippen molar-refractivity contribution in [1.82, 2.24) is 4.90 Å². The van der Waals surface area contributed by atoms with Gasteiger partial charge in [-0.15, -0.1) is 0 Å². The van der Waals surface area contributed by atoms with E-state index >= 15 is 0 Å². The molecule has 1 aliphatic rings. The lowest BCUT2D eigenvalue weighted by Crippen LogP contribution is -2.41. The molecular formula is C18H26ClNO5S. The van der Waals surface area contributed by atoms with Gasteiger partial charge in [0, 0.05) is 18.2 Å². The van der Waals surface area contributed by atoms with Gasteiger partial charge in [0.05, 0.1) is 30.2 Å². The summed E-state index contributed by atoms with van der Waals surface area (Å²) in [6, 6.07) is 2.86. The zero-order valence-corrected chi connectivity index (χ0v) is 17.0. The molecule has 0 aromatic heterocycles. The molecule has 0 N–H and O–H groups in total. The molecule has 1 atom stereocenters. The molecule has 2 rings (SSSR count). The van der Waals surface area contributed by atoms with Crippen LogP contribution in [-0.4, -0.2) is 57.0 Å². The minimum Gasteiger partial charge on any atom is -0.493 e. The fourth-order valence-corrected chi connectivity index (χ4v) is 5.06. The summed E-state index contributed by atoms with van der Waals surface area (Å²) in [5.41, 5.74) is 0.369. The van der Waals surface area contributed by atoms with Crippen molar-refractivity contribution in [1.29, 1.82) is 0 Å². The van der Waals surface area contributed by atoms with E-state index in [0.717, 1.165) is 12.8 Å². The van der Waals surface area contributed by atoms with Crippen molar-refractivity contribution >= 4 is 27.3 Å². The van der Waals surface area contributed by atoms with Gasteiger partial charge in [-0.25, -0.2) is 8.42 Å². The van der Waals surface area contributed by atoms with E-state index in [2.05, 4.69) is 0 Å². The minimum absolute atomic E-state index is 0.0152. The molecule has 6 nitrogen and oxygen atoms in total. The van der Waals surface area contributed by atoms with Crippen LogP contribution in [0.25, 0.3) is 0 Å². The third-order valence-corrected chi connectivity index (χ3v) is 6.33. The SMILES string of the molecule is CCCOc1c(Cl)cc(C(=O)N(CCC)C2CCS(=O)(=O)C2)cc1OC. The molecule has 0 radical (unpaired) electrons. The zero-order valence-electron chi connectivity index (χ0n) is 15.5. The normalized spacial score (nSPS) is 18.5. The Balaban J connectivity index is 2.32. The largest absolute Gasteiger partial charge is 0.493 e. The van der Waals surface area contributed by atoms with E-state index in [9.17, 15) is 13.2 Å². The fraction of sp³-hybridized carbons (Fsp3) is 0.611. The Hall–Kier alpha value is -1.47. The number of methoxy groups -OCH3 is 1. The van der Waals surface area contributed by atoms with E-state index < -0.39 is 9.84 Å². The maximum atomic E-state index is 13.1. The van der Waals surface area contributed by atoms with E-state index in [4.69, 9.17) is 21.1 Å². The lowest BCUT2D eigenvalue weighted by atomic mass is 10.1. The van der Waals surface area contributed by atoms with Crippen LogP contribution in [-0.2, 0) is 9.84 Å². The first-order valence-corrected chi connectivity index (χ1v) is 11.0. The summed E-state index contributed by atoms with van der Waals surface area (Å²) in [4.78, 5) is 14.7. The first kappa shape index (κ1) is 20.8. The Morgan fingerprint density at radius 2 is 2.04 bits per heavy atom. The second-order valence-corrected chi connectivity index (χ2v) is 9.03. The highest BCUT2D eigenvalue weighted by molar-refractivity contribution is 7.91. The molecule has 1 amide bonds. The number of benzene rings is 1. The van der Waals surface area contributed by atoms with Gasteiger partial charge in [0.1, 0.15) is 0 Å². The van der Waals surface area contributed by atoms with E-state index in [1.54, 1.807) is 17.0 Å². The summed E-state index contributed by atoms with van der Waals surface area (Å²) in [5, 5.41) is 0.302. The number of carbonyl (C=O) groups is 1. The summed E-state index contributed by atoms with van der Waals surface area (Å²) in [6.45, 7) is 4.92. The molecule has 1 heterocycles. The first-order chi connectivity index (χ1) is 12.3. The number of halogens is 1. The predicted molar refractivity (Wildman–Crippen MR) is 102 cm³/mol. The summed E-state index contributed by atoms with van der Waals surface area (Å²) in [5.74, 6) is 0.708. The fourth-order valence-electron chi connectivity index (χ4n) is 3.07. The molecule has 1 aromatic rings. The average molecular weight is 404 g/mol. The van der Waals surface area contributed by atoms with Gasteiger partial charge in [0.2, 0.25) is 0 Å². The monoisotopic (exact) mass is 403 g/mol. The van der Waals surface area contributed by atoms with Crippen LogP contribution in [0.5, 0.6) is 11.5 Å². The smallest absolute Gasteiger partial charge is 0.254 e. The van der Waals surface area contributed by atoms with Crippen molar-refractivity contribution in [2.24, 2.45) is 0 Å². The average Bonchev–Trinajstić information content (AvgIpc) is 2.96. The Labute approximate surface area is 160 Å². The number of carbonyl (C=O) groups excluding carboxylic acids is 1. The standard InChI is InChI=1S/C18H26ClNO5S/c1-4-7-20(14-6-9-26(22,23)12-14)18(21)13-10-15(19)17(25-8-5-2)16(11-13)24-3/h10-11,14H,4-9,12H2,1-3H3. The molecule has 1 aliphatic heterocycles. The van der Waals surface area contributed by atoms with Gasteiger partial charge in [-0.05, 0) is 31.4 Å². The number of ether oxygens (including phenoxy) is 2. The Kier molecular flexibility index (Phi) is 7.17. The highest BCUT2D eigenvalue weighted by Crippen LogP contribution is 2.37. The van der Waals surface area contributed by atoms with Gasteiger partial charge in [-0.3, -0.25) is 4.79 Å². The summed E-state index contributed by atoms with van der Waals surface area (Å²) < 4.78 is 34.6. The topological polar surface area (TPSA) is 72.9 Å². The molecule has 26 heavy (non-hydrogen) atoms. The molecule has 8 heteroatoms. The third kappa shape index (κ3) is 4.82. The maximum Gasteiger partial charge on any atom is 0.254 e. The summed E-state index contributed by atoms with van der Waals surface area (Å²) in [6.07, 6.45) is 2.03. The molecule has 0 aliphatic carbocycles. The number of amides is 1. The van der Waals surface area contributed by atoms with Crippen molar-refractivity contribution in [2.45, 2.75) is 39.2 Å². The lowest BCUT2D eigenvalue weighted by molar-refractivity contribution is 0.0696. The van der Waals surface area contributed by atoms with Crippen LogP contribution in [0.3, 0.4) is 0 Å². The molecule has 1 aromatic carbocycles. The molecule has 0 saturated carbocycles. The lowest BCUT2D eigenvalue weighted by Gasteiger charge is -2.28. The quantitative estimate of drug-likeness (QED) is 0.666. The predicted octanol–water partition coefficient (Wildman–Crippen LogP) is 3.18. The zero-order chi connectivity index (χ0) is 19.3. The second-order valence-electron chi connectivity index (χ2n) is 6.39. The molecule has 146 valence electrons. The van der Waals surface area contributed by atoms with E-state index in [0.29, 0.717) is 41.7 Å². The van der Waals surface area contributed by atoms with Crippen LogP contribution in [0, 0.1) is 0 Å². The van der Waals surface area contributed by atoms with Crippen LogP contribution in [0.15, 0.2) is 12.1 Å². The molecule has 0 spiro atoms. The van der Waals surface area contributed by atoms with Gasteiger partial charge < -0.3 is 14.4 Å². The molecule has 0 bridgehead atoms. The number of sulfone groups is 1. The maximum absolute atomic E-state index is 13.1. The van der Waals surface area contributed by atoms with Crippen LogP contribution in [0.4, 0.5) is 0 Å². The summed E-state index contributed by atoms with van der Waals surface area (Å²) >= 11 is 6.31. The van der Waals surface area contributed by atoms with Gasteiger partial charge in [-0.2, -0.15) is 0 Å². The van der Waals surface area contributed by atoms with Crippen molar-refractivity contribution in [3.8, 4) is 11.5 Å². The van der Waals surface area contributed by atoms with E-state index in [1.165, 1.54) is 7.11 Å². The number of rotatable bonds is 8. The first-order valence-electron chi connectivity index (χ1n) is 8.84. The van der Waals surface area contributed by atoms with Crippen LogP contribution < -0.4 is 9.47 Å². The molecular weight excluding hydrogens is 378 g/mol. The van der Waals surface area contributed by atoms with Gasteiger partial charge >= 0.3 is 0 Å². The highest BCUT2D eigenvalue weighted by atomic mass is 35.5. The van der Waals surface area contributed by atoms with Crippen molar-refractivity contribution < 1.29 is 22.7 Å². The van der Waals surface area contributed by atoms with Crippen molar-refractivity contribution in [3.05, 3.63) is 22.7 Å². The van der Waals surface area contributed by atoms with E-state index in [1.807, 2.05) is 13.8 Å². The second kappa shape index (κ2) is 8.95. The Bertz CT molecular complexity index is 750. The van der Waals surface area contributed by atoms with Crippen LogP contribution >= 0.6 is 11.6 Å². The van der Waals surface area contributed by atoms with Gasteiger partial charge in [0.25, 0.3) is 5.91 Å². The van der Waals surface area contributed by atoms with E-state index in [-0.39, 0.29) is 23.5 Å². The number of hydrogen-bond donors (Lipinski definition) is 0. The van der Waals surface area contributed by atoms with Crippen molar-refractivity contribution in [3.63, 3.8) is 0 Å². The Morgan fingerprint density at radius 3 is 2.58 bits per heavy atom. The Morgan fingerprint density at radius 1 is 1.31 bits per heavy atom. The minimum atomic E-state index is -3.08. The molecule has 1 fully saturated rings. The van der Waals surface area contributed by atoms with Crippen molar-refractivity contribution in [2.75, 3.05) is 31.8 Å². The van der Waals surface area contributed by atoms with Crippen LogP contribution in [0.2, 0.25) is 5.02 Å². The molecule has 1 saturated heterocycles. The number of hydrogen-bond acceptors (Lipinski definition) is 5. The summed E-state index contributed by atoms with van der Waals surface area (Å²) in [7, 11) is -1.58. The van der Waals surface area contributed by atoms with Gasteiger partial charge in [-0.1, -0.05) is 25.4 Å². The highest BCUT2D eigenvalue weighted by Gasteiger charge is 2.35.